The number of hydrogen-bond donors (Lipinski definition) is 1. The zero-order valence-corrected chi connectivity index (χ0v) is 16.6. The molecule has 0 saturated heterocycles. The smallest absolute Gasteiger partial charge is 0.257 e. The van der Waals surface area contributed by atoms with Crippen molar-refractivity contribution in [1.82, 2.24) is 10.5 Å². The molecule has 0 spiro atoms. The van der Waals surface area contributed by atoms with Crippen molar-refractivity contribution < 1.29 is 14.1 Å². The lowest BCUT2D eigenvalue weighted by molar-refractivity contribution is -0.136. The number of ether oxygens (including phenoxy) is 1. The Hall–Kier alpha value is -1.85. The molecule has 140 valence electrons. The lowest BCUT2D eigenvalue weighted by Gasteiger charge is -2.52. The molecule has 26 heavy (non-hydrogen) atoms. The van der Waals surface area contributed by atoms with Crippen LogP contribution in [0, 0.1) is 12.3 Å². The van der Waals surface area contributed by atoms with E-state index in [1.807, 2.05) is 32.0 Å². The molecule has 5 nitrogen and oxygen atoms in total. The van der Waals surface area contributed by atoms with Gasteiger partial charge >= 0.3 is 0 Å². The maximum Gasteiger partial charge on any atom is 0.257 e. The minimum Gasteiger partial charge on any atom is -0.375 e. The number of aromatic nitrogens is 1. The number of benzene rings is 1. The molecule has 0 bridgehead atoms. The minimum absolute atomic E-state index is 0.0344. The lowest BCUT2D eigenvalue weighted by Crippen LogP contribution is -2.62. The molecule has 3 rings (SSSR count). The van der Waals surface area contributed by atoms with Gasteiger partial charge in [0.1, 0.15) is 17.0 Å². The molecule has 1 N–H and O–H groups in total. The monoisotopic (exact) mass is 376 g/mol. The van der Waals surface area contributed by atoms with E-state index >= 15 is 0 Å². The molecule has 1 fully saturated rings. The Bertz CT molecular complexity index is 813. The van der Waals surface area contributed by atoms with Crippen LogP contribution in [-0.4, -0.2) is 29.3 Å². The summed E-state index contributed by atoms with van der Waals surface area (Å²) in [6.07, 6.45) is 1.10. The molecular formula is C20H25ClN2O3. The highest BCUT2D eigenvalue weighted by atomic mass is 35.5. The van der Waals surface area contributed by atoms with E-state index < -0.39 is 0 Å². The van der Waals surface area contributed by atoms with Crippen LogP contribution in [-0.2, 0) is 4.74 Å². The number of carbonyl (C=O) groups excluding carboxylic acids is 1. The van der Waals surface area contributed by atoms with Gasteiger partial charge in [-0.25, -0.2) is 0 Å². The minimum atomic E-state index is -0.195. The number of nitrogens with one attached hydrogen (secondary N) is 1. The van der Waals surface area contributed by atoms with Crippen LogP contribution in [0.4, 0.5) is 0 Å². The van der Waals surface area contributed by atoms with Crippen LogP contribution in [0.2, 0.25) is 5.02 Å². The van der Waals surface area contributed by atoms with Crippen LogP contribution in [0.5, 0.6) is 0 Å². The summed E-state index contributed by atoms with van der Waals surface area (Å²) < 4.78 is 11.2. The highest BCUT2D eigenvalue weighted by molar-refractivity contribution is 6.33. The van der Waals surface area contributed by atoms with Gasteiger partial charge in [-0.15, -0.1) is 0 Å². The number of rotatable bonds is 5. The molecule has 1 aromatic carbocycles. The van der Waals surface area contributed by atoms with Gasteiger partial charge < -0.3 is 14.6 Å². The van der Waals surface area contributed by atoms with E-state index in [4.69, 9.17) is 20.9 Å². The molecule has 1 saturated carbocycles. The molecular weight excluding hydrogens is 352 g/mol. The molecule has 1 aromatic heterocycles. The molecule has 1 aliphatic rings. The summed E-state index contributed by atoms with van der Waals surface area (Å²) >= 11 is 6.27. The van der Waals surface area contributed by atoms with Gasteiger partial charge in [-0.1, -0.05) is 48.8 Å². The molecule has 2 aromatic rings. The summed E-state index contributed by atoms with van der Waals surface area (Å²) in [5.41, 5.74) is 1.46. The van der Waals surface area contributed by atoms with Gasteiger partial charge in [0.2, 0.25) is 0 Å². The first kappa shape index (κ1) is 18.9. The summed E-state index contributed by atoms with van der Waals surface area (Å²) in [5.74, 6) is 0.282. The Morgan fingerprint density at radius 3 is 2.69 bits per heavy atom. The first-order valence-corrected chi connectivity index (χ1v) is 9.27. The zero-order chi connectivity index (χ0) is 19.1. The summed E-state index contributed by atoms with van der Waals surface area (Å²) in [6.45, 7) is 10.0. The van der Waals surface area contributed by atoms with Crippen LogP contribution in [0.3, 0.4) is 0 Å². The van der Waals surface area contributed by atoms with Gasteiger partial charge in [-0.05, 0) is 33.3 Å². The van der Waals surface area contributed by atoms with E-state index in [9.17, 15) is 4.79 Å². The highest BCUT2D eigenvalue weighted by Gasteiger charge is 2.50. The van der Waals surface area contributed by atoms with Crippen molar-refractivity contribution in [3.8, 4) is 11.3 Å². The summed E-state index contributed by atoms with van der Waals surface area (Å²) in [4.78, 5) is 13.0. The maximum atomic E-state index is 13.0. The van der Waals surface area contributed by atoms with Crippen molar-refractivity contribution in [2.75, 3.05) is 0 Å². The maximum absolute atomic E-state index is 13.0. The van der Waals surface area contributed by atoms with E-state index in [0.717, 1.165) is 6.42 Å². The summed E-state index contributed by atoms with van der Waals surface area (Å²) in [5, 5.41) is 7.72. The van der Waals surface area contributed by atoms with Crippen molar-refractivity contribution in [2.24, 2.45) is 5.41 Å². The topological polar surface area (TPSA) is 64.4 Å². The van der Waals surface area contributed by atoms with Crippen LogP contribution < -0.4 is 5.32 Å². The van der Waals surface area contributed by atoms with Gasteiger partial charge in [0.05, 0.1) is 17.2 Å². The van der Waals surface area contributed by atoms with E-state index in [0.29, 0.717) is 27.6 Å². The highest BCUT2D eigenvalue weighted by Crippen LogP contribution is 2.43. The fraction of sp³-hybridized carbons (Fsp3) is 0.500. The lowest BCUT2D eigenvalue weighted by atomic mass is 9.64. The zero-order valence-electron chi connectivity index (χ0n) is 15.8. The van der Waals surface area contributed by atoms with Crippen LogP contribution in [0.25, 0.3) is 11.3 Å². The van der Waals surface area contributed by atoms with Gasteiger partial charge in [0, 0.05) is 17.0 Å². The second kappa shape index (κ2) is 7.05. The molecule has 6 heteroatoms. The van der Waals surface area contributed by atoms with Crippen LogP contribution in [0.1, 0.15) is 50.2 Å². The quantitative estimate of drug-likeness (QED) is 0.826. The molecule has 1 heterocycles. The van der Waals surface area contributed by atoms with Crippen LogP contribution in [0.15, 0.2) is 28.8 Å². The fourth-order valence-electron chi connectivity index (χ4n) is 3.40. The second-order valence-corrected chi connectivity index (χ2v) is 8.11. The van der Waals surface area contributed by atoms with E-state index in [-0.39, 0.29) is 29.6 Å². The molecule has 2 atom stereocenters. The van der Waals surface area contributed by atoms with Crippen molar-refractivity contribution in [3.63, 3.8) is 0 Å². The van der Waals surface area contributed by atoms with Crippen molar-refractivity contribution in [2.45, 2.75) is 59.3 Å². The number of amides is 1. The van der Waals surface area contributed by atoms with Crippen LogP contribution >= 0.6 is 11.6 Å². The number of halogens is 1. The molecule has 2 unspecified atom stereocenters. The van der Waals surface area contributed by atoms with Gasteiger partial charge in [0.25, 0.3) is 5.91 Å². The third kappa shape index (κ3) is 3.38. The predicted octanol–water partition coefficient (Wildman–Crippen LogP) is 4.63. The summed E-state index contributed by atoms with van der Waals surface area (Å²) in [6, 6.07) is 7.33. The van der Waals surface area contributed by atoms with E-state index in [2.05, 4.69) is 24.3 Å². The van der Waals surface area contributed by atoms with Crippen molar-refractivity contribution in [1.29, 1.82) is 0 Å². The van der Waals surface area contributed by atoms with Gasteiger partial charge in [-0.3, -0.25) is 4.79 Å². The molecule has 1 aliphatic carbocycles. The largest absolute Gasteiger partial charge is 0.375 e. The number of nitrogens with zero attached hydrogens (tertiary/aromatic N) is 1. The second-order valence-electron chi connectivity index (χ2n) is 7.70. The van der Waals surface area contributed by atoms with Crippen molar-refractivity contribution in [3.05, 3.63) is 40.6 Å². The predicted molar refractivity (Wildman–Crippen MR) is 101 cm³/mol. The first-order valence-electron chi connectivity index (χ1n) is 8.89. The third-order valence-electron chi connectivity index (χ3n) is 5.14. The number of aryl methyl sites for hydroxylation is 1. The molecule has 1 amide bonds. The SMILES string of the molecule is Cc1onc(-c2ccccc2Cl)c1C(=O)NC1CC(OC(C)C)C1(C)C. The van der Waals surface area contributed by atoms with Gasteiger partial charge in [0.15, 0.2) is 0 Å². The number of carbonyl (C=O) groups is 1. The van der Waals surface area contributed by atoms with E-state index in [1.165, 1.54) is 0 Å². The normalized spacial score (nSPS) is 21.5. The first-order chi connectivity index (χ1) is 12.2. The van der Waals surface area contributed by atoms with Gasteiger partial charge in [-0.2, -0.15) is 0 Å². The summed E-state index contributed by atoms with van der Waals surface area (Å²) in [7, 11) is 0. The average Bonchev–Trinajstić information content (AvgIpc) is 2.95. The fourth-order valence-corrected chi connectivity index (χ4v) is 3.62. The third-order valence-corrected chi connectivity index (χ3v) is 5.47. The number of hydrogen-bond acceptors (Lipinski definition) is 4. The Morgan fingerprint density at radius 2 is 2.08 bits per heavy atom. The molecule has 0 radical (unpaired) electrons. The Morgan fingerprint density at radius 1 is 1.38 bits per heavy atom. The Kier molecular flexibility index (Phi) is 5.13. The standard InChI is InChI=1S/C20H25ClN2O3/c1-11(2)25-16-10-15(20(16,4)5)22-19(24)17-12(3)26-23-18(17)13-8-6-7-9-14(13)21/h6-9,11,15-16H,10H2,1-5H3,(H,22,24). The Balaban J connectivity index is 1.80. The Labute approximate surface area is 159 Å². The van der Waals surface area contributed by atoms with E-state index in [1.54, 1.807) is 13.0 Å². The average molecular weight is 377 g/mol. The van der Waals surface area contributed by atoms with Crippen molar-refractivity contribution >= 4 is 17.5 Å². The molecule has 0 aliphatic heterocycles.